The molecule has 1 aliphatic rings. The zero-order valence-electron chi connectivity index (χ0n) is 22.3. The van der Waals surface area contributed by atoms with E-state index in [1.807, 2.05) is 45.0 Å². The molecule has 2 aromatic carbocycles. The fraction of sp³-hybridized carbons (Fsp3) is 0.407. The van der Waals surface area contributed by atoms with Gasteiger partial charge in [0.15, 0.2) is 5.82 Å². The Morgan fingerprint density at radius 3 is 2.41 bits per heavy atom. The first kappa shape index (κ1) is 29.3. The number of anilines is 2. The van der Waals surface area contributed by atoms with Crippen LogP contribution in [0.3, 0.4) is 0 Å². The van der Waals surface area contributed by atoms with Crippen molar-refractivity contribution in [1.29, 1.82) is 0 Å². The van der Waals surface area contributed by atoms with Gasteiger partial charge in [-0.05, 0) is 79.5 Å². The number of nitrogens with zero attached hydrogens (tertiary/aromatic N) is 3. The van der Waals surface area contributed by atoms with Crippen molar-refractivity contribution in [2.75, 3.05) is 41.6 Å². The number of hydrogen-bond donors (Lipinski definition) is 1. The van der Waals surface area contributed by atoms with Gasteiger partial charge in [-0.3, -0.25) is 4.72 Å². The van der Waals surface area contributed by atoms with Gasteiger partial charge in [-0.15, -0.1) is 11.3 Å². The van der Waals surface area contributed by atoms with E-state index in [9.17, 15) is 13.2 Å². The van der Waals surface area contributed by atoms with E-state index in [2.05, 4.69) is 30.5 Å². The number of benzene rings is 2. The van der Waals surface area contributed by atoms with Crippen LogP contribution in [0.5, 0.6) is 0 Å². The second-order valence-electron chi connectivity index (χ2n) is 10.2. The van der Waals surface area contributed by atoms with Crippen LogP contribution in [-0.2, 0) is 14.8 Å². The van der Waals surface area contributed by atoms with Gasteiger partial charge >= 0.3 is 6.09 Å². The maximum Gasteiger partial charge on any atom is 0.410 e. The fourth-order valence-corrected chi connectivity index (χ4v) is 6.87. The van der Waals surface area contributed by atoms with E-state index in [0.717, 1.165) is 11.3 Å². The molecule has 0 radical (unpaired) electrons. The molecule has 1 aromatic heterocycles. The Balaban J connectivity index is 1.47. The fourth-order valence-electron chi connectivity index (χ4n) is 4.16. The summed E-state index contributed by atoms with van der Waals surface area (Å²) in [6.45, 7) is 9.89. The summed E-state index contributed by atoms with van der Waals surface area (Å²) in [6.07, 6.45) is 0.140. The van der Waals surface area contributed by atoms with E-state index in [4.69, 9.17) is 4.74 Å². The molecule has 0 atom stereocenters. The lowest BCUT2D eigenvalue weighted by molar-refractivity contribution is 0.0240. The number of halogens is 2. The number of sulfonamides is 1. The normalized spacial score (nSPS) is 14.4. The number of carbonyl (C=O) groups is 1. The van der Waals surface area contributed by atoms with Crippen molar-refractivity contribution >= 4 is 54.8 Å². The molecule has 1 fully saturated rings. The summed E-state index contributed by atoms with van der Waals surface area (Å²) in [5, 5.41) is 0.703. The Bertz CT molecular complexity index is 1430. The third-order valence-corrected chi connectivity index (χ3v) is 9.22. The number of carbonyl (C=O) groups excluding carboxylic acids is 1. The monoisotopic (exact) mass is 638 g/mol. The molecule has 3 aromatic rings. The third kappa shape index (κ3) is 7.29. The quantitative estimate of drug-likeness (QED) is 0.314. The van der Waals surface area contributed by atoms with Crippen LogP contribution in [-0.4, -0.2) is 61.9 Å². The molecule has 0 saturated carbocycles. The van der Waals surface area contributed by atoms with Gasteiger partial charge in [0.2, 0.25) is 10.0 Å². The molecule has 2 heterocycles. The molecule has 39 heavy (non-hydrogen) atoms. The number of thiazole rings is 1. The zero-order chi connectivity index (χ0) is 28.4. The molecular formula is C27H32BrFN4O4S2. The van der Waals surface area contributed by atoms with Gasteiger partial charge in [0, 0.05) is 43.0 Å². The average molecular weight is 640 g/mol. The summed E-state index contributed by atoms with van der Waals surface area (Å²) in [7, 11) is -3.63. The van der Waals surface area contributed by atoms with Crippen molar-refractivity contribution in [2.24, 2.45) is 0 Å². The third-order valence-electron chi connectivity index (χ3n) is 5.99. The lowest BCUT2D eigenvalue weighted by Gasteiger charge is -2.36. The van der Waals surface area contributed by atoms with E-state index in [1.165, 1.54) is 17.4 Å². The van der Waals surface area contributed by atoms with E-state index in [1.54, 1.807) is 24.0 Å². The largest absolute Gasteiger partial charge is 0.444 e. The van der Waals surface area contributed by atoms with Gasteiger partial charge in [0.1, 0.15) is 10.6 Å². The van der Waals surface area contributed by atoms with Crippen LogP contribution in [0.4, 0.5) is 20.6 Å². The molecule has 1 aliphatic heterocycles. The smallest absolute Gasteiger partial charge is 0.410 e. The Morgan fingerprint density at radius 1 is 1.13 bits per heavy atom. The first-order valence-electron chi connectivity index (χ1n) is 12.7. The maximum absolute atomic E-state index is 15.3. The second kappa shape index (κ2) is 11.8. The lowest BCUT2D eigenvalue weighted by Crippen LogP contribution is -2.50. The first-order chi connectivity index (χ1) is 18.4. The minimum Gasteiger partial charge on any atom is -0.444 e. The lowest BCUT2D eigenvalue weighted by atomic mass is 10.1. The van der Waals surface area contributed by atoms with Crippen LogP contribution in [0.2, 0.25) is 0 Å². The Hall–Kier alpha value is -2.70. The molecule has 0 bridgehead atoms. The molecule has 0 spiro atoms. The van der Waals surface area contributed by atoms with E-state index in [-0.39, 0.29) is 23.1 Å². The zero-order valence-corrected chi connectivity index (χ0v) is 25.6. The highest BCUT2D eigenvalue weighted by Gasteiger charge is 2.26. The number of aromatic nitrogens is 1. The number of piperazine rings is 1. The summed E-state index contributed by atoms with van der Waals surface area (Å²) < 4.78 is 48.1. The summed E-state index contributed by atoms with van der Waals surface area (Å²) in [6, 6.07) is 12.5. The Kier molecular flexibility index (Phi) is 8.87. The second-order valence-corrected chi connectivity index (χ2v) is 14.4. The van der Waals surface area contributed by atoms with Gasteiger partial charge in [-0.25, -0.2) is 22.6 Å². The molecule has 1 N–H and O–H groups in total. The molecule has 210 valence electrons. The van der Waals surface area contributed by atoms with Gasteiger partial charge in [0.25, 0.3) is 0 Å². The summed E-state index contributed by atoms with van der Waals surface area (Å²) in [5.41, 5.74) is 1.92. The minimum absolute atomic E-state index is 0.0867. The highest BCUT2D eigenvalue weighted by molar-refractivity contribution is 9.11. The van der Waals surface area contributed by atoms with Crippen LogP contribution in [0.15, 0.2) is 46.3 Å². The van der Waals surface area contributed by atoms with Gasteiger partial charge < -0.3 is 14.5 Å². The highest BCUT2D eigenvalue weighted by Crippen LogP contribution is 2.40. The molecule has 12 heteroatoms. The Labute approximate surface area is 241 Å². The predicted molar refractivity (Wildman–Crippen MR) is 158 cm³/mol. The standard InChI is InChI=1S/C27H32BrFN4O4S2/c1-5-17-39(35,36)31-21-8-6-7-20(22(21)29)23-24(28)38-25(30-23)18-9-11-19(12-10-18)32-13-15-33(16-14-32)26(34)37-27(2,3)4/h6-12,31H,5,13-17H2,1-4H3. The van der Waals surface area contributed by atoms with Crippen molar-refractivity contribution in [3.05, 3.63) is 52.1 Å². The van der Waals surface area contributed by atoms with Crippen molar-refractivity contribution in [3.8, 4) is 21.8 Å². The van der Waals surface area contributed by atoms with Crippen LogP contribution in [0.1, 0.15) is 34.1 Å². The number of ether oxygens (including phenoxy) is 1. The molecular weight excluding hydrogens is 607 g/mol. The van der Waals surface area contributed by atoms with Crippen molar-refractivity contribution in [2.45, 2.75) is 39.7 Å². The van der Waals surface area contributed by atoms with Crippen molar-refractivity contribution < 1.29 is 22.3 Å². The number of amides is 1. The van der Waals surface area contributed by atoms with Crippen LogP contribution in [0, 0.1) is 5.82 Å². The number of nitrogens with one attached hydrogen (secondary N) is 1. The van der Waals surface area contributed by atoms with E-state index < -0.39 is 21.4 Å². The summed E-state index contributed by atoms with van der Waals surface area (Å²) in [4.78, 5) is 21.0. The average Bonchev–Trinajstić information content (AvgIpc) is 3.25. The van der Waals surface area contributed by atoms with Crippen molar-refractivity contribution in [1.82, 2.24) is 9.88 Å². The van der Waals surface area contributed by atoms with Crippen LogP contribution < -0.4 is 9.62 Å². The molecule has 4 rings (SSSR count). The van der Waals surface area contributed by atoms with Crippen LogP contribution >= 0.6 is 27.3 Å². The first-order valence-corrected chi connectivity index (χ1v) is 15.9. The summed E-state index contributed by atoms with van der Waals surface area (Å²) >= 11 is 4.88. The summed E-state index contributed by atoms with van der Waals surface area (Å²) in [5.74, 6) is -0.757. The minimum atomic E-state index is -3.63. The van der Waals surface area contributed by atoms with Crippen molar-refractivity contribution in [3.63, 3.8) is 0 Å². The molecule has 0 unspecified atom stereocenters. The van der Waals surface area contributed by atoms with Crippen LogP contribution in [0.25, 0.3) is 21.8 Å². The predicted octanol–water partition coefficient (Wildman–Crippen LogP) is 6.59. The Morgan fingerprint density at radius 2 is 1.79 bits per heavy atom. The van der Waals surface area contributed by atoms with Gasteiger partial charge in [-0.1, -0.05) is 13.0 Å². The van der Waals surface area contributed by atoms with Gasteiger partial charge in [0.05, 0.1) is 20.9 Å². The number of rotatable bonds is 7. The highest BCUT2D eigenvalue weighted by atomic mass is 79.9. The number of hydrogen-bond acceptors (Lipinski definition) is 7. The maximum atomic E-state index is 15.3. The van der Waals surface area contributed by atoms with E-state index in [0.29, 0.717) is 47.1 Å². The SMILES string of the molecule is CCCS(=O)(=O)Nc1cccc(-c2nc(-c3ccc(N4CCN(C(=O)OC(C)(C)C)CC4)cc3)sc2Br)c1F. The van der Waals surface area contributed by atoms with Gasteiger partial charge in [-0.2, -0.15) is 0 Å². The molecule has 1 amide bonds. The topological polar surface area (TPSA) is 91.8 Å². The molecule has 0 aliphatic carbocycles. The molecule has 8 nitrogen and oxygen atoms in total. The van der Waals surface area contributed by atoms with E-state index >= 15 is 4.39 Å². The molecule has 1 saturated heterocycles.